The van der Waals surface area contributed by atoms with E-state index in [4.69, 9.17) is 0 Å². The van der Waals surface area contributed by atoms with Crippen molar-refractivity contribution >= 4 is 28.5 Å². The molecule has 2 rings (SSSR count). The van der Waals surface area contributed by atoms with Crippen molar-refractivity contribution in [3.63, 3.8) is 0 Å². The Labute approximate surface area is 122 Å². The Morgan fingerprint density at radius 1 is 1.44 bits per heavy atom. The average molecular weight is 361 g/mol. The van der Waals surface area contributed by atoms with Crippen LogP contribution in [0.2, 0.25) is 0 Å². The van der Waals surface area contributed by atoms with E-state index in [-0.39, 0.29) is 5.91 Å². The number of aromatic nitrogens is 2. The van der Waals surface area contributed by atoms with Crippen molar-refractivity contribution in [2.75, 3.05) is 13.1 Å². The Balaban J connectivity index is 2.12. The molecule has 1 aromatic heterocycles. The smallest absolute Gasteiger partial charge is 0.219 e. The number of rotatable bonds is 2. The van der Waals surface area contributed by atoms with Crippen molar-refractivity contribution in [3.05, 3.63) is 15.5 Å². The summed E-state index contributed by atoms with van der Waals surface area (Å²) in [7, 11) is 0. The first-order valence-electron chi connectivity index (χ1n) is 6.49. The lowest BCUT2D eigenvalue weighted by molar-refractivity contribution is -0.129. The molecule has 0 aromatic carbocycles. The number of hydrogen-bond acceptors (Lipinski definition) is 2. The minimum Gasteiger partial charge on any atom is -0.343 e. The first-order valence-corrected chi connectivity index (χ1v) is 7.57. The third-order valence-corrected chi connectivity index (χ3v) is 4.11. The molecule has 0 N–H and O–H groups in total. The van der Waals surface area contributed by atoms with E-state index in [1.165, 1.54) is 5.69 Å². The summed E-state index contributed by atoms with van der Waals surface area (Å²) < 4.78 is 3.20. The maximum atomic E-state index is 11.3. The van der Waals surface area contributed by atoms with Crippen LogP contribution in [0, 0.1) is 3.70 Å². The molecule has 2 heterocycles. The molecule has 1 amide bonds. The first kappa shape index (κ1) is 13.8. The zero-order chi connectivity index (χ0) is 13.3. The van der Waals surface area contributed by atoms with Crippen LogP contribution in [0.5, 0.6) is 0 Å². The summed E-state index contributed by atoms with van der Waals surface area (Å²) in [5.41, 5.74) is 1.33. The van der Waals surface area contributed by atoms with E-state index in [1.807, 2.05) is 4.90 Å². The van der Waals surface area contributed by atoms with E-state index in [0.717, 1.165) is 29.6 Å². The van der Waals surface area contributed by atoms with Crippen LogP contribution in [0.3, 0.4) is 0 Å². The van der Waals surface area contributed by atoms with E-state index in [2.05, 4.69) is 52.3 Å². The lowest BCUT2D eigenvalue weighted by atomic mass is 9.93. The minimum absolute atomic E-state index is 0.195. The summed E-state index contributed by atoms with van der Waals surface area (Å²) in [5, 5.41) is 4.56. The molecule has 1 aromatic rings. The number of carbonyl (C=O) groups excluding carboxylic acids is 1. The predicted molar refractivity (Wildman–Crippen MR) is 79.6 cm³/mol. The van der Waals surface area contributed by atoms with Gasteiger partial charge in [0.15, 0.2) is 0 Å². The Morgan fingerprint density at radius 2 is 2.06 bits per heavy atom. The molecule has 18 heavy (non-hydrogen) atoms. The molecule has 5 heteroatoms. The molecule has 1 aliphatic heterocycles. The van der Waals surface area contributed by atoms with Gasteiger partial charge in [-0.3, -0.25) is 9.48 Å². The van der Waals surface area contributed by atoms with Crippen LogP contribution in [0.15, 0.2) is 6.07 Å². The second kappa shape index (κ2) is 5.59. The van der Waals surface area contributed by atoms with Crippen molar-refractivity contribution in [2.24, 2.45) is 0 Å². The zero-order valence-electron chi connectivity index (χ0n) is 11.2. The van der Waals surface area contributed by atoms with Crippen LogP contribution >= 0.6 is 22.6 Å². The molecule has 0 spiro atoms. The number of carbonyl (C=O) groups is 1. The van der Waals surface area contributed by atoms with Crippen molar-refractivity contribution in [2.45, 2.75) is 45.6 Å². The van der Waals surface area contributed by atoms with Crippen LogP contribution < -0.4 is 0 Å². The van der Waals surface area contributed by atoms with E-state index in [9.17, 15) is 4.79 Å². The topological polar surface area (TPSA) is 38.1 Å². The number of likely N-dealkylation sites (tertiary alicyclic amines) is 1. The van der Waals surface area contributed by atoms with Gasteiger partial charge in [0.25, 0.3) is 0 Å². The Hall–Kier alpha value is -0.590. The van der Waals surface area contributed by atoms with Gasteiger partial charge in [0, 0.05) is 37.7 Å². The normalized spacial score (nSPS) is 17.5. The van der Waals surface area contributed by atoms with Gasteiger partial charge in [-0.1, -0.05) is 0 Å². The molecule has 1 fully saturated rings. The summed E-state index contributed by atoms with van der Waals surface area (Å²) in [5.74, 6) is 0.736. The van der Waals surface area contributed by atoms with E-state index in [0.29, 0.717) is 12.0 Å². The SMILES string of the molecule is CC(=O)N1CCC(c2cc(I)nn2C(C)C)CC1. The summed E-state index contributed by atoms with van der Waals surface area (Å²) >= 11 is 2.27. The first-order chi connectivity index (χ1) is 8.49. The highest BCUT2D eigenvalue weighted by Gasteiger charge is 2.25. The van der Waals surface area contributed by atoms with Crippen molar-refractivity contribution in [3.8, 4) is 0 Å². The molecule has 0 radical (unpaired) electrons. The van der Waals surface area contributed by atoms with Crippen LogP contribution in [-0.4, -0.2) is 33.7 Å². The maximum Gasteiger partial charge on any atom is 0.219 e. The molecule has 0 aliphatic carbocycles. The number of hydrogen-bond donors (Lipinski definition) is 0. The summed E-state index contributed by atoms with van der Waals surface area (Å²) in [6.07, 6.45) is 2.10. The fraction of sp³-hybridized carbons (Fsp3) is 0.692. The van der Waals surface area contributed by atoms with Gasteiger partial charge in [0.2, 0.25) is 5.91 Å². The van der Waals surface area contributed by atoms with Gasteiger partial charge in [-0.15, -0.1) is 0 Å². The van der Waals surface area contributed by atoms with E-state index < -0.39 is 0 Å². The zero-order valence-corrected chi connectivity index (χ0v) is 13.3. The van der Waals surface area contributed by atoms with Crippen LogP contribution in [0.4, 0.5) is 0 Å². The molecule has 0 bridgehead atoms. The Kier molecular flexibility index (Phi) is 4.29. The fourth-order valence-corrected chi connectivity index (χ4v) is 3.14. The molecular formula is C13H20IN3O. The van der Waals surface area contributed by atoms with Gasteiger partial charge < -0.3 is 4.90 Å². The average Bonchev–Trinajstić information content (AvgIpc) is 2.71. The quantitative estimate of drug-likeness (QED) is 0.760. The van der Waals surface area contributed by atoms with Gasteiger partial charge in [-0.2, -0.15) is 5.10 Å². The maximum absolute atomic E-state index is 11.3. The van der Waals surface area contributed by atoms with Gasteiger partial charge >= 0.3 is 0 Å². The highest BCUT2D eigenvalue weighted by atomic mass is 127. The molecule has 1 aliphatic rings. The van der Waals surface area contributed by atoms with Crippen LogP contribution in [-0.2, 0) is 4.79 Å². The molecule has 0 atom stereocenters. The van der Waals surface area contributed by atoms with E-state index in [1.54, 1.807) is 6.92 Å². The standard InChI is InChI=1S/C13H20IN3O/c1-9(2)17-12(8-13(14)15-17)11-4-6-16(7-5-11)10(3)18/h8-9,11H,4-7H2,1-3H3. The highest BCUT2D eigenvalue weighted by molar-refractivity contribution is 14.1. The molecule has 1 saturated heterocycles. The van der Waals surface area contributed by atoms with Crippen molar-refractivity contribution in [1.82, 2.24) is 14.7 Å². The lowest BCUT2D eigenvalue weighted by Gasteiger charge is -2.31. The monoisotopic (exact) mass is 361 g/mol. The summed E-state index contributed by atoms with van der Waals surface area (Å²) in [6.45, 7) is 7.73. The minimum atomic E-state index is 0.195. The van der Waals surface area contributed by atoms with Crippen LogP contribution in [0.25, 0.3) is 0 Å². The fourth-order valence-electron chi connectivity index (χ4n) is 2.59. The molecule has 0 unspecified atom stereocenters. The molecule has 4 nitrogen and oxygen atoms in total. The van der Waals surface area contributed by atoms with Crippen LogP contribution in [0.1, 0.15) is 51.3 Å². The third-order valence-electron chi connectivity index (χ3n) is 3.58. The lowest BCUT2D eigenvalue weighted by Crippen LogP contribution is -2.36. The number of halogens is 1. The largest absolute Gasteiger partial charge is 0.343 e. The van der Waals surface area contributed by atoms with E-state index >= 15 is 0 Å². The summed E-state index contributed by atoms with van der Waals surface area (Å²) in [4.78, 5) is 13.3. The second-order valence-corrected chi connectivity index (χ2v) is 6.32. The van der Waals surface area contributed by atoms with Crippen molar-refractivity contribution in [1.29, 1.82) is 0 Å². The van der Waals surface area contributed by atoms with Gasteiger partial charge in [-0.25, -0.2) is 0 Å². The van der Waals surface area contributed by atoms with Gasteiger partial charge in [0.05, 0.1) is 0 Å². The Morgan fingerprint density at radius 3 is 2.56 bits per heavy atom. The molecule has 0 saturated carbocycles. The van der Waals surface area contributed by atoms with Gasteiger partial charge in [0.1, 0.15) is 3.70 Å². The van der Waals surface area contributed by atoms with Gasteiger partial charge in [-0.05, 0) is 55.3 Å². The Bertz CT molecular complexity index is 433. The predicted octanol–water partition coefficient (Wildman–Crippen LogP) is 2.79. The third kappa shape index (κ3) is 2.87. The van der Waals surface area contributed by atoms with Crippen molar-refractivity contribution < 1.29 is 4.79 Å². The second-order valence-electron chi connectivity index (χ2n) is 5.21. The molecule has 100 valence electrons. The summed E-state index contributed by atoms with van der Waals surface area (Å²) in [6, 6.07) is 2.59. The number of piperidine rings is 1. The molecular weight excluding hydrogens is 341 g/mol. The number of amides is 1. The highest BCUT2D eigenvalue weighted by Crippen LogP contribution is 2.30. The number of nitrogens with zero attached hydrogens (tertiary/aromatic N) is 3.